The summed E-state index contributed by atoms with van der Waals surface area (Å²) in [4.78, 5) is 17.1. The fourth-order valence-electron chi connectivity index (χ4n) is 4.48. The molecule has 4 rings (SSSR count). The number of morpholine rings is 1. The Balaban J connectivity index is 1.27. The molecule has 1 amide bonds. The van der Waals surface area contributed by atoms with Gasteiger partial charge in [-0.25, -0.2) is 4.39 Å². The molecule has 2 aliphatic rings. The van der Waals surface area contributed by atoms with Crippen LogP contribution in [0.25, 0.3) is 0 Å². The number of carbonyl (C=O) groups excluding carboxylic acids is 1. The molecule has 1 aromatic carbocycles. The topological polar surface area (TPSA) is 45.9 Å². The van der Waals surface area contributed by atoms with Gasteiger partial charge in [0.2, 0.25) is 0 Å². The van der Waals surface area contributed by atoms with Gasteiger partial charge < -0.3 is 14.1 Å². The van der Waals surface area contributed by atoms with Crippen molar-refractivity contribution in [2.24, 2.45) is 5.92 Å². The highest BCUT2D eigenvalue weighted by molar-refractivity contribution is 5.91. The summed E-state index contributed by atoms with van der Waals surface area (Å²) in [5, 5.41) is 0. The van der Waals surface area contributed by atoms with E-state index in [0.717, 1.165) is 76.4 Å². The number of carbonyl (C=O) groups is 1. The maximum Gasteiger partial charge on any atom is 0.289 e. The summed E-state index contributed by atoms with van der Waals surface area (Å²) in [7, 11) is 0. The molecule has 3 heterocycles. The second-order valence-electron chi connectivity index (χ2n) is 8.39. The Morgan fingerprint density at radius 1 is 1.10 bits per heavy atom. The van der Waals surface area contributed by atoms with Crippen molar-refractivity contribution in [1.82, 2.24) is 9.80 Å². The summed E-state index contributed by atoms with van der Waals surface area (Å²) in [6.45, 7) is 6.81. The van der Waals surface area contributed by atoms with Crippen molar-refractivity contribution in [3.05, 3.63) is 59.3 Å². The minimum absolute atomic E-state index is 0.0250. The normalized spacial score (nSPS) is 19.7. The van der Waals surface area contributed by atoms with E-state index in [9.17, 15) is 9.18 Å². The number of nitrogens with zero attached hydrogens (tertiary/aromatic N) is 2. The third-order valence-electron chi connectivity index (χ3n) is 6.52. The Hall–Kier alpha value is -2.18. The van der Waals surface area contributed by atoms with E-state index >= 15 is 0 Å². The van der Waals surface area contributed by atoms with Crippen LogP contribution in [0.2, 0.25) is 0 Å². The van der Waals surface area contributed by atoms with Gasteiger partial charge in [-0.3, -0.25) is 9.69 Å². The molecule has 0 saturated carbocycles. The lowest BCUT2D eigenvalue weighted by molar-refractivity contribution is 0.0153. The number of ether oxygens (including phenoxy) is 1. The van der Waals surface area contributed by atoms with Gasteiger partial charge in [0.25, 0.3) is 5.91 Å². The van der Waals surface area contributed by atoms with Crippen LogP contribution in [0.3, 0.4) is 0 Å². The molecule has 2 aromatic rings. The summed E-state index contributed by atoms with van der Waals surface area (Å²) in [5.74, 6) is 1.64. The highest BCUT2D eigenvalue weighted by atomic mass is 19.1. The van der Waals surface area contributed by atoms with Crippen molar-refractivity contribution in [3.8, 4) is 0 Å². The lowest BCUT2D eigenvalue weighted by Crippen LogP contribution is -2.38. The summed E-state index contributed by atoms with van der Waals surface area (Å²) >= 11 is 0. The molecule has 0 N–H and O–H groups in total. The Morgan fingerprint density at radius 2 is 1.83 bits per heavy atom. The van der Waals surface area contributed by atoms with Gasteiger partial charge in [-0.2, -0.15) is 0 Å². The number of hydrogen-bond acceptors (Lipinski definition) is 4. The number of likely N-dealkylation sites (tertiary alicyclic amines) is 1. The van der Waals surface area contributed by atoms with Crippen LogP contribution < -0.4 is 0 Å². The van der Waals surface area contributed by atoms with Crippen molar-refractivity contribution in [2.45, 2.75) is 38.6 Å². The molecule has 30 heavy (non-hydrogen) atoms. The van der Waals surface area contributed by atoms with Gasteiger partial charge >= 0.3 is 0 Å². The summed E-state index contributed by atoms with van der Waals surface area (Å²) < 4.78 is 25.2. The monoisotopic (exact) mass is 414 g/mol. The van der Waals surface area contributed by atoms with Crippen LogP contribution in [0.5, 0.6) is 0 Å². The first-order valence-corrected chi connectivity index (χ1v) is 11.1. The first-order chi connectivity index (χ1) is 14.6. The quantitative estimate of drug-likeness (QED) is 0.707. The van der Waals surface area contributed by atoms with Gasteiger partial charge in [-0.05, 0) is 62.3 Å². The Bertz CT molecular complexity index is 838. The average molecular weight is 415 g/mol. The van der Waals surface area contributed by atoms with Gasteiger partial charge in [-0.1, -0.05) is 18.2 Å². The molecule has 5 nitrogen and oxygen atoms in total. The standard InChI is InChI=1S/C24H31FN2O3/c1-18(26-14-16-29-17-15-26)22-8-9-23(30-22)24(28)27-12-10-19(11-13-27)6-7-20-4-2-3-5-21(20)25/h2-5,8-9,18-19H,6-7,10-17H2,1H3. The second kappa shape index (κ2) is 9.75. The molecular formula is C24H31FN2O3. The van der Waals surface area contributed by atoms with Crippen molar-refractivity contribution in [1.29, 1.82) is 0 Å². The molecular weight excluding hydrogens is 383 g/mol. The van der Waals surface area contributed by atoms with Crippen molar-refractivity contribution >= 4 is 5.91 Å². The number of aryl methyl sites for hydroxylation is 1. The van der Waals surface area contributed by atoms with Crippen LogP contribution >= 0.6 is 0 Å². The Kier molecular flexibility index (Phi) is 6.85. The van der Waals surface area contributed by atoms with E-state index in [0.29, 0.717) is 11.7 Å². The molecule has 0 spiro atoms. The van der Waals surface area contributed by atoms with Crippen molar-refractivity contribution < 1.29 is 18.3 Å². The summed E-state index contributed by atoms with van der Waals surface area (Å²) in [5.41, 5.74) is 0.786. The van der Waals surface area contributed by atoms with E-state index in [4.69, 9.17) is 9.15 Å². The lowest BCUT2D eigenvalue weighted by atomic mass is 9.90. The Morgan fingerprint density at radius 3 is 2.57 bits per heavy atom. The third-order valence-corrected chi connectivity index (χ3v) is 6.52. The molecule has 2 fully saturated rings. The van der Waals surface area contributed by atoms with Crippen LogP contribution in [0.1, 0.15) is 54.1 Å². The molecule has 2 saturated heterocycles. The van der Waals surface area contributed by atoms with Gasteiger partial charge in [-0.15, -0.1) is 0 Å². The van der Waals surface area contributed by atoms with E-state index in [1.807, 2.05) is 23.1 Å². The van der Waals surface area contributed by atoms with Crippen molar-refractivity contribution in [3.63, 3.8) is 0 Å². The second-order valence-corrected chi connectivity index (χ2v) is 8.39. The summed E-state index contributed by atoms with van der Waals surface area (Å²) in [6, 6.07) is 10.9. The number of furan rings is 1. The molecule has 2 aliphatic heterocycles. The zero-order valence-corrected chi connectivity index (χ0v) is 17.7. The van der Waals surface area contributed by atoms with E-state index < -0.39 is 0 Å². The van der Waals surface area contributed by atoms with Crippen LogP contribution in [0.15, 0.2) is 40.8 Å². The molecule has 0 aliphatic carbocycles. The fourth-order valence-corrected chi connectivity index (χ4v) is 4.48. The van der Waals surface area contributed by atoms with E-state index in [2.05, 4.69) is 11.8 Å². The molecule has 1 atom stereocenters. The van der Waals surface area contributed by atoms with E-state index in [1.54, 1.807) is 12.1 Å². The van der Waals surface area contributed by atoms with Crippen LogP contribution in [0.4, 0.5) is 4.39 Å². The minimum Gasteiger partial charge on any atom is -0.454 e. The van der Waals surface area contributed by atoms with Crippen LogP contribution in [-0.4, -0.2) is 55.1 Å². The van der Waals surface area contributed by atoms with Crippen LogP contribution in [0, 0.1) is 11.7 Å². The number of halogens is 1. The van der Waals surface area contributed by atoms with Crippen molar-refractivity contribution in [2.75, 3.05) is 39.4 Å². The number of amides is 1. The van der Waals surface area contributed by atoms with Gasteiger partial charge in [0, 0.05) is 26.2 Å². The first-order valence-electron chi connectivity index (χ1n) is 11.1. The number of hydrogen-bond donors (Lipinski definition) is 0. The lowest BCUT2D eigenvalue weighted by Gasteiger charge is -2.32. The largest absolute Gasteiger partial charge is 0.454 e. The van der Waals surface area contributed by atoms with E-state index in [-0.39, 0.29) is 17.8 Å². The third kappa shape index (κ3) is 4.93. The SMILES string of the molecule is CC(c1ccc(C(=O)N2CCC(CCc3ccccc3F)CC2)o1)N1CCOCC1. The predicted molar refractivity (Wildman–Crippen MR) is 113 cm³/mol. The van der Waals surface area contributed by atoms with Gasteiger partial charge in [0.05, 0.1) is 19.3 Å². The minimum atomic E-state index is -0.120. The molecule has 0 radical (unpaired) electrons. The average Bonchev–Trinajstić information content (AvgIpc) is 3.29. The molecule has 6 heteroatoms. The summed E-state index contributed by atoms with van der Waals surface area (Å²) in [6.07, 6.45) is 3.63. The zero-order chi connectivity index (χ0) is 20.9. The highest BCUT2D eigenvalue weighted by Crippen LogP contribution is 2.27. The van der Waals surface area contributed by atoms with Gasteiger partial charge in [0.15, 0.2) is 5.76 Å². The predicted octanol–water partition coefficient (Wildman–Crippen LogP) is 4.30. The van der Waals surface area contributed by atoms with Crippen LogP contribution in [-0.2, 0) is 11.2 Å². The van der Waals surface area contributed by atoms with E-state index in [1.165, 1.54) is 6.07 Å². The smallest absolute Gasteiger partial charge is 0.289 e. The maximum absolute atomic E-state index is 13.8. The molecule has 0 bridgehead atoms. The Labute approximate surface area is 177 Å². The highest BCUT2D eigenvalue weighted by Gasteiger charge is 2.27. The molecule has 1 aromatic heterocycles. The van der Waals surface area contributed by atoms with Gasteiger partial charge in [0.1, 0.15) is 11.6 Å². The number of piperidine rings is 1. The maximum atomic E-state index is 13.8. The number of rotatable bonds is 6. The fraction of sp³-hybridized carbons (Fsp3) is 0.542. The molecule has 1 unspecified atom stereocenters. The first kappa shape index (κ1) is 21.1. The molecule has 162 valence electrons. The number of benzene rings is 1. The zero-order valence-electron chi connectivity index (χ0n) is 17.7.